The van der Waals surface area contributed by atoms with Gasteiger partial charge in [0.25, 0.3) is 5.91 Å². The molecule has 1 aromatic carbocycles. The molecule has 0 saturated carbocycles. The van der Waals surface area contributed by atoms with Crippen LogP contribution in [0.25, 0.3) is 5.82 Å². The third kappa shape index (κ3) is 4.97. The van der Waals surface area contributed by atoms with Gasteiger partial charge in [0.05, 0.1) is 30.7 Å². The molecule has 0 aliphatic heterocycles. The monoisotopic (exact) mass is 395 g/mol. The highest BCUT2D eigenvalue weighted by Crippen LogP contribution is 2.17. The molecule has 0 atom stereocenters. The number of aromatic nitrogens is 4. The number of methoxy groups -OCH3 is 1. The molecule has 1 amide bonds. The summed E-state index contributed by atoms with van der Waals surface area (Å²) < 4.78 is 12.1. The molecule has 0 aliphatic rings. The highest BCUT2D eigenvalue weighted by molar-refractivity contribution is 5.95. The summed E-state index contributed by atoms with van der Waals surface area (Å²) in [5.41, 5.74) is 2.27. The molecular formula is C21H25N5O3. The van der Waals surface area contributed by atoms with E-state index in [0.29, 0.717) is 49.3 Å². The molecule has 8 nitrogen and oxygen atoms in total. The van der Waals surface area contributed by atoms with Gasteiger partial charge in [-0.2, -0.15) is 5.10 Å². The summed E-state index contributed by atoms with van der Waals surface area (Å²) in [5.74, 6) is 0.871. The van der Waals surface area contributed by atoms with Crippen LogP contribution < -0.4 is 4.74 Å². The van der Waals surface area contributed by atoms with Crippen LogP contribution in [0.1, 0.15) is 28.5 Å². The fourth-order valence-electron chi connectivity index (χ4n) is 2.93. The normalized spacial score (nSPS) is 10.7. The van der Waals surface area contributed by atoms with Gasteiger partial charge in [0.15, 0.2) is 5.82 Å². The van der Waals surface area contributed by atoms with E-state index in [1.54, 1.807) is 35.0 Å². The number of carbonyl (C=O) groups excluding carboxylic acids is 1. The fourth-order valence-corrected chi connectivity index (χ4v) is 2.93. The molecule has 8 heteroatoms. The molecule has 3 rings (SSSR count). The first-order chi connectivity index (χ1) is 14.1. The molecule has 29 heavy (non-hydrogen) atoms. The summed E-state index contributed by atoms with van der Waals surface area (Å²) >= 11 is 0. The third-order valence-corrected chi connectivity index (χ3v) is 4.44. The Morgan fingerprint density at radius 1 is 1.14 bits per heavy atom. The maximum Gasteiger partial charge on any atom is 0.257 e. The first kappa shape index (κ1) is 20.5. The largest absolute Gasteiger partial charge is 0.477 e. The van der Waals surface area contributed by atoms with Crippen LogP contribution in [-0.2, 0) is 11.3 Å². The number of carbonyl (C=O) groups is 1. The van der Waals surface area contributed by atoms with Crippen molar-refractivity contribution in [1.29, 1.82) is 0 Å². The van der Waals surface area contributed by atoms with E-state index in [9.17, 15) is 4.79 Å². The quantitative estimate of drug-likeness (QED) is 0.554. The summed E-state index contributed by atoms with van der Waals surface area (Å²) in [4.78, 5) is 15.0. The van der Waals surface area contributed by atoms with Crippen LogP contribution in [0.15, 0.2) is 48.7 Å². The van der Waals surface area contributed by atoms with Crippen molar-refractivity contribution >= 4 is 5.91 Å². The second kappa shape index (κ2) is 9.79. The summed E-state index contributed by atoms with van der Waals surface area (Å²) in [6, 6.07) is 13.4. The molecule has 152 valence electrons. The highest BCUT2D eigenvalue weighted by Gasteiger charge is 2.22. The van der Waals surface area contributed by atoms with Gasteiger partial charge in [-0.15, -0.1) is 10.2 Å². The lowest BCUT2D eigenvalue weighted by molar-refractivity contribution is 0.0679. The second-order valence-corrected chi connectivity index (χ2v) is 6.42. The summed E-state index contributed by atoms with van der Waals surface area (Å²) in [6.07, 6.45) is 1.57. The first-order valence-corrected chi connectivity index (χ1v) is 9.47. The average Bonchev–Trinajstić information content (AvgIpc) is 3.13. The van der Waals surface area contributed by atoms with E-state index in [0.717, 1.165) is 5.56 Å². The van der Waals surface area contributed by atoms with Crippen molar-refractivity contribution in [2.75, 3.05) is 26.9 Å². The number of hydrogen-bond donors (Lipinski definition) is 0. The molecule has 2 aromatic heterocycles. The number of rotatable bonds is 9. The van der Waals surface area contributed by atoms with E-state index < -0.39 is 0 Å². The van der Waals surface area contributed by atoms with E-state index in [1.165, 1.54) is 0 Å². The van der Waals surface area contributed by atoms with Crippen molar-refractivity contribution in [2.24, 2.45) is 0 Å². The Hall–Kier alpha value is -3.26. The van der Waals surface area contributed by atoms with Gasteiger partial charge in [-0.1, -0.05) is 30.3 Å². The smallest absolute Gasteiger partial charge is 0.257 e. The van der Waals surface area contributed by atoms with Gasteiger partial charge < -0.3 is 14.4 Å². The van der Waals surface area contributed by atoms with Gasteiger partial charge in [0.1, 0.15) is 0 Å². The molecule has 0 bridgehead atoms. The lowest BCUT2D eigenvalue weighted by atomic mass is 10.1. The molecule has 0 fully saturated rings. The minimum Gasteiger partial charge on any atom is -0.477 e. The number of hydrogen-bond acceptors (Lipinski definition) is 6. The molecule has 0 radical (unpaired) electrons. The van der Waals surface area contributed by atoms with E-state index in [-0.39, 0.29) is 5.91 Å². The predicted molar refractivity (Wildman–Crippen MR) is 108 cm³/mol. The van der Waals surface area contributed by atoms with Gasteiger partial charge in [-0.25, -0.2) is 4.68 Å². The van der Waals surface area contributed by atoms with Crippen molar-refractivity contribution < 1.29 is 14.3 Å². The third-order valence-electron chi connectivity index (χ3n) is 4.44. The van der Waals surface area contributed by atoms with Crippen molar-refractivity contribution in [1.82, 2.24) is 24.9 Å². The molecule has 0 saturated heterocycles. The van der Waals surface area contributed by atoms with Crippen LogP contribution in [0, 0.1) is 6.92 Å². The SMILES string of the molecule is CCOc1ccc(-n2ncc(C(=O)N(CCOC)Cc3ccccc3)c2C)nn1. The van der Waals surface area contributed by atoms with Gasteiger partial charge >= 0.3 is 0 Å². The number of nitrogens with zero attached hydrogens (tertiary/aromatic N) is 5. The standard InChI is InChI=1S/C21H25N5O3/c1-4-29-20-11-10-19(23-24-20)26-16(2)18(14-22-26)21(27)25(12-13-28-3)15-17-8-6-5-7-9-17/h5-11,14H,4,12-13,15H2,1-3H3. The van der Waals surface area contributed by atoms with Crippen LogP contribution in [0.4, 0.5) is 0 Å². The van der Waals surface area contributed by atoms with Crippen LogP contribution >= 0.6 is 0 Å². The Morgan fingerprint density at radius 3 is 2.59 bits per heavy atom. The fraction of sp³-hybridized carbons (Fsp3) is 0.333. The zero-order valence-corrected chi connectivity index (χ0v) is 16.9. The zero-order valence-electron chi connectivity index (χ0n) is 16.9. The molecule has 3 aromatic rings. The summed E-state index contributed by atoms with van der Waals surface area (Å²) in [5, 5.41) is 12.5. The average molecular weight is 395 g/mol. The van der Waals surface area contributed by atoms with Gasteiger partial charge in [0, 0.05) is 26.3 Å². The van der Waals surface area contributed by atoms with Gasteiger partial charge in [-0.05, 0) is 25.5 Å². The molecule has 2 heterocycles. The minimum atomic E-state index is -0.103. The predicted octanol–water partition coefficient (Wildman–Crippen LogP) is 2.66. The van der Waals surface area contributed by atoms with Crippen LogP contribution in [0.5, 0.6) is 5.88 Å². The molecule has 0 N–H and O–H groups in total. The number of ether oxygens (including phenoxy) is 2. The topological polar surface area (TPSA) is 82.4 Å². The zero-order chi connectivity index (χ0) is 20.6. The molecule has 0 aliphatic carbocycles. The number of amides is 1. The van der Waals surface area contributed by atoms with Crippen molar-refractivity contribution in [3.8, 4) is 11.7 Å². The Morgan fingerprint density at radius 2 is 1.93 bits per heavy atom. The molecule has 0 spiro atoms. The maximum atomic E-state index is 13.2. The van der Waals surface area contributed by atoms with E-state index in [2.05, 4.69) is 15.3 Å². The maximum absolute atomic E-state index is 13.2. The Labute approximate surface area is 170 Å². The number of benzene rings is 1. The summed E-state index contributed by atoms with van der Waals surface area (Å²) in [6.45, 7) is 5.68. The van der Waals surface area contributed by atoms with Crippen LogP contribution in [-0.4, -0.2) is 57.7 Å². The van der Waals surface area contributed by atoms with E-state index in [4.69, 9.17) is 9.47 Å². The van der Waals surface area contributed by atoms with Crippen LogP contribution in [0.3, 0.4) is 0 Å². The first-order valence-electron chi connectivity index (χ1n) is 9.47. The molecule has 0 unspecified atom stereocenters. The molecular weight excluding hydrogens is 370 g/mol. The Kier molecular flexibility index (Phi) is 6.91. The minimum absolute atomic E-state index is 0.103. The lowest BCUT2D eigenvalue weighted by Crippen LogP contribution is -2.33. The second-order valence-electron chi connectivity index (χ2n) is 6.42. The van der Waals surface area contributed by atoms with Gasteiger partial charge in [-0.3, -0.25) is 4.79 Å². The van der Waals surface area contributed by atoms with E-state index in [1.807, 2.05) is 44.2 Å². The van der Waals surface area contributed by atoms with Gasteiger partial charge in [0.2, 0.25) is 5.88 Å². The highest BCUT2D eigenvalue weighted by atomic mass is 16.5. The Bertz CT molecular complexity index is 925. The van der Waals surface area contributed by atoms with Crippen molar-refractivity contribution in [3.05, 3.63) is 65.5 Å². The van der Waals surface area contributed by atoms with Crippen LogP contribution in [0.2, 0.25) is 0 Å². The summed E-state index contributed by atoms with van der Waals surface area (Å²) in [7, 11) is 1.62. The van der Waals surface area contributed by atoms with Crippen molar-refractivity contribution in [2.45, 2.75) is 20.4 Å². The Balaban J connectivity index is 1.83. The lowest BCUT2D eigenvalue weighted by Gasteiger charge is -2.22. The van der Waals surface area contributed by atoms with Crippen molar-refractivity contribution in [3.63, 3.8) is 0 Å². The van der Waals surface area contributed by atoms with E-state index >= 15 is 0 Å².